The van der Waals surface area contributed by atoms with Gasteiger partial charge in [0, 0.05) is 58.1 Å². The zero-order chi connectivity index (χ0) is 23.3. The second-order valence-electron chi connectivity index (χ2n) is 8.38. The molecule has 11 heteroatoms. The summed E-state index contributed by atoms with van der Waals surface area (Å²) >= 11 is 0. The number of carboxylic acid groups (broad SMARTS) is 1. The first-order valence-electron chi connectivity index (χ1n) is 10.6. The van der Waals surface area contributed by atoms with Crippen molar-refractivity contribution in [1.29, 1.82) is 0 Å². The zero-order valence-corrected chi connectivity index (χ0v) is 17.9. The van der Waals surface area contributed by atoms with E-state index in [1.165, 1.54) is 31.5 Å². The quantitative estimate of drug-likeness (QED) is 0.723. The van der Waals surface area contributed by atoms with Crippen molar-refractivity contribution >= 4 is 11.9 Å². The summed E-state index contributed by atoms with van der Waals surface area (Å²) in [6.07, 6.45) is 2.82. The van der Waals surface area contributed by atoms with Gasteiger partial charge < -0.3 is 15.0 Å². The van der Waals surface area contributed by atoms with Gasteiger partial charge in [-0.15, -0.1) is 0 Å². The van der Waals surface area contributed by atoms with Gasteiger partial charge in [0.2, 0.25) is 0 Å². The normalized spacial score (nSPS) is 19.2. The third kappa shape index (κ3) is 6.35. The Morgan fingerprint density at radius 1 is 1.22 bits per heavy atom. The van der Waals surface area contributed by atoms with Crippen LogP contribution in [-0.2, 0) is 24.9 Å². The minimum Gasteiger partial charge on any atom is -0.475 e. The molecule has 8 nitrogen and oxygen atoms in total. The highest BCUT2D eigenvalue weighted by atomic mass is 19.4. The molecule has 2 N–H and O–H groups in total. The van der Waals surface area contributed by atoms with Gasteiger partial charge in [0.05, 0.1) is 5.69 Å². The number of aryl methyl sites for hydroxylation is 1. The average Bonchev–Trinajstić information content (AvgIpc) is 3.27. The molecule has 1 aliphatic carbocycles. The maximum atomic E-state index is 12.4. The summed E-state index contributed by atoms with van der Waals surface area (Å²) in [5.74, 6) is -1.52. The molecule has 4 rings (SSSR count). The molecule has 0 bridgehead atoms. The number of rotatable bonds is 5. The van der Waals surface area contributed by atoms with Gasteiger partial charge in [-0.25, -0.2) is 4.79 Å². The lowest BCUT2D eigenvalue weighted by Gasteiger charge is -2.32. The van der Waals surface area contributed by atoms with Crippen molar-refractivity contribution in [1.82, 2.24) is 24.6 Å². The molecule has 2 aromatic heterocycles. The Morgan fingerprint density at radius 3 is 2.50 bits per heavy atom. The Bertz CT molecular complexity index is 920. The number of nitrogens with one attached hydrogen (secondary N) is 1. The lowest BCUT2D eigenvalue weighted by molar-refractivity contribution is -0.192. The third-order valence-electron chi connectivity index (χ3n) is 5.85. The Morgan fingerprint density at radius 2 is 1.94 bits per heavy atom. The topological polar surface area (TPSA) is 92.4 Å². The Labute approximate surface area is 184 Å². The summed E-state index contributed by atoms with van der Waals surface area (Å²) in [6.45, 7) is 4.72. The maximum absolute atomic E-state index is 12.4. The predicted octanol–water partition coefficient (Wildman–Crippen LogP) is 2.52. The van der Waals surface area contributed by atoms with Crippen LogP contribution < -0.4 is 5.32 Å². The summed E-state index contributed by atoms with van der Waals surface area (Å²) in [5.41, 5.74) is 2.00. The van der Waals surface area contributed by atoms with Crippen LogP contribution >= 0.6 is 0 Å². The van der Waals surface area contributed by atoms with E-state index in [1.54, 1.807) is 0 Å². The van der Waals surface area contributed by atoms with Crippen molar-refractivity contribution in [2.45, 2.75) is 38.5 Å². The van der Waals surface area contributed by atoms with Crippen molar-refractivity contribution in [3.8, 4) is 0 Å². The fourth-order valence-electron chi connectivity index (χ4n) is 3.95. The summed E-state index contributed by atoms with van der Waals surface area (Å²) < 4.78 is 35.7. The molecule has 0 saturated heterocycles. The van der Waals surface area contributed by atoms with Gasteiger partial charge >= 0.3 is 12.1 Å². The summed E-state index contributed by atoms with van der Waals surface area (Å²) in [5, 5.41) is 14.7. The molecule has 0 aromatic carbocycles. The molecular weight excluding hydrogens is 427 g/mol. The Hall–Kier alpha value is -2.82. The van der Waals surface area contributed by atoms with Crippen LogP contribution in [-0.4, -0.2) is 62.0 Å². The minimum absolute atomic E-state index is 0.00276. The number of aromatic nitrogens is 3. The van der Waals surface area contributed by atoms with Gasteiger partial charge in [0.25, 0.3) is 5.91 Å². The summed E-state index contributed by atoms with van der Waals surface area (Å²) in [7, 11) is 1.90. The fraction of sp³-hybridized carbons (Fsp3) is 0.571. The molecular formula is C21H28F3N5O3. The van der Waals surface area contributed by atoms with Crippen molar-refractivity contribution in [3.05, 3.63) is 42.0 Å². The van der Waals surface area contributed by atoms with E-state index in [2.05, 4.69) is 26.1 Å². The summed E-state index contributed by atoms with van der Waals surface area (Å²) in [6, 6.07) is 5.88. The molecule has 2 aromatic rings. The molecule has 1 atom stereocenters. The molecule has 1 amide bonds. The standard InChI is InChI=1S/C19H27N5O.C2HF3O2/c1-22-9-3-6-18(22)19(25)20-10-16-12-23(11-15-4-2-5-15)14-17-7-8-21-24(17)13-16;3-2(4,5)1(6)7/h3,6-9,15-16H,2,4-5,10-14H2,1H3,(H,20,25);(H,6,7). The molecule has 1 saturated carbocycles. The van der Waals surface area contributed by atoms with Crippen LogP contribution in [0.1, 0.15) is 35.4 Å². The molecule has 2 aliphatic rings. The van der Waals surface area contributed by atoms with E-state index in [4.69, 9.17) is 9.90 Å². The molecule has 1 unspecified atom stereocenters. The number of carbonyl (C=O) groups is 2. The first kappa shape index (κ1) is 23.8. The zero-order valence-electron chi connectivity index (χ0n) is 17.9. The highest BCUT2D eigenvalue weighted by Gasteiger charge is 2.38. The first-order valence-corrected chi connectivity index (χ1v) is 10.6. The van der Waals surface area contributed by atoms with E-state index >= 15 is 0 Å². The van der Waals surface area contributed by atoms with Crippen LogP contribution in [0.3, 0.4) is 0 Å². The highest BCUT2D eigenvalue weighted by molar-refractivity contribution is 5.92. The van der Waals surface area contributed by atoms with Crippen LogP contribution in [0.15, 0.2) is 30.6 Å². The van der Waals surface area contributed by atoms with Gasteiger partial charge in [0.15, 0.2) is 0 Å². The number of amides is 1. The van der Waals surface area contributed by atoms with Crippen LogP contribution in [0.2, 0.25) is 0 Å². The van der Waals surface area contributed by atoms with E-state index in [1.807, 2.05) is 36.1 Å². The van der Waals surface area contributed by atoms with E-state index in [0.29, 0.717) is 18.2 Å². The first-order chi connectivity index (χ1) is 15.1. The number of aliphatic carboxylic acids is 1. The van der Waals surface area contributed by atoms with E-state index in [9.17, 15) is 18.0 Å². The lowest BCUT2D eigenvalue weighted by Crippen LogP contribution is -2.39. The second kappa shape index (κ2) is 10.2. The number of carboxylic acids is 1. The molecule has 1 aliphatic heterocycles. The smallest absolute Gasteiger partial charge is 0.475 e. The van der Waals surface area contributed by atoms with Crippen LogP contribution in [0.5, 0.6) is 0 Å². The number of alkyl halides is 3. The second-order valence-corrected chi connectivity index (χ2v) is 8.38. The molecule has 32 heavy (non-hydrogen) atoms. The maximum Gasteiger partial charge on any atom is 0.490 e. The lowest BCUT2D eigenvalue weighted by atomic mass is 9.85. The third-order valence-corrected chi connectivity index (χ3v) is 5.85. The average molecular weight is 455 g/mol. The van der Waals surface area contributed by atoms with Crippen molar-refractivity contribution in [3.63, 3.8) is 0 Å². The Kier molecular flexibility index (Phi) is 7.60. The number of hydrogen-bond donors (Lipinski definition) is 2. The fourth-order valence-corrected chi connectivity index (χ4v) is 3.95. The molecule has 0 radical (unpaired) electrons. The van der Waals surface area contributed by atoms with E-state index in [0.717, 1.165) is 25.6 Å². The number of hydrogen-bond acceptors (Lipinski definition) is 4. The summed E-state index contributed by atoms with van der Waals surface area (Å²) in [4.78, 5) is 23.9. The van der Waals surface area contributed by atoms with Gasteiger partial charge in [-0.1, -0.05) is 6.42 Å². The van der Waals surface area contributed by atoms with Gasteiger partial charge in [-0.2, -0.15) is 18.3 Å². The van der Waals surface area contributed by atoms with E-state index < -0.39 is 12.1 Å². The molecule has 176 valence electrons. The minimum atomic E-state index is -5.08. The van der Waals surface area contributed by atoms with E-state index in [-0.39, 0.29) is 5.91 Å². The molecule has 3 heterocycles. The predicted molar refractivity (Wildman–Crippen MR) is 110 cm³/mol. The Balaban J connectivity index is 0.000000360. The molecule has 1 fully saturated rings. The van der Waals surface area contributed by atoms with Crippen LogP contribution in [0, 0.1) is 11.8 Å². The van der Waals surface area contributed by atoms with Gasteiger partial charge in [0.1, 0.15) is 5.69 Å². The number of fused-ring (bicyclic) bond motifs is 1. The molecule has 0 spiro atoms. The van der Waals surface area contributed by atoms with Crippen LogP contribution in [0.25, 0.3) is 0 Å². The monoisotopic (exact) mass is 455 g/mol. The van der Waals surface area contributed by atoms with Crippen molar-refractivity contribution < 1.29 is 27.9 Å². The van der Waals surface area contributed by atoms with Crippen molar-refractivity contribution in [2.75, 3.05) is 19.6 Å². The largest absolute Gasteiger partial charge is 0.490 e. The number of carbonyl (C=O) groups excluding carboxylic acids is 1. The number of halogens is 3. The van der Waals surface area contributed by atoms with Crippen molar-refractivity contribution in [2.24, 2.45) is 18.9 Å². The van der Waals surface area contributed by atoms with Crippen LogP contribution in [0.4, 0.5) is 13.2 Å². The SMILES string of the molecule is Cn1cccc1C(=O)NCC1CN(CC2CCC2)Cc2ccnn2C1.O=C(O)C(F)(F)F. The van der Waals surface area contributed by atoms with Gasteiger partial charge in [-0.3, -0.25) is 14.4 Å². The van der Waals surface area contributed by atoms with Gasteiger partial charge in [-0.05, 0) is 37.0 Å². The highest BCUT2D eigenvalue weighted by Crippen LogP contribution is 2.28. The number of nitrogens with zero attached hydrogens (tertiary/aromatic N) is 4.